The summed E-state index contributed by atoms with van der Waals surface area (Å²) in [5.41, 5.74) is 3.20. The largest absolute Gasteiger partial charge is 0.303 e. The van der Waals surface area contributed by atoms with Crippen molar-refractivity contribution in [2.75, 3.05) is 19.6 Å². The highest BCUT2D eigenvalue weighted by atomic mass is 19.1. The number of nitriles is 1. The molecule has 1 aliphatic rings. The molecule has 4 rings (SSSR count). The lowest BCUT2D eigenvalue weighted by atomic mass is 9.63. The van der Waals surface area contributed by atoms with Crippen LogP contribution in [0.15, 0.2) is 84.9 Å². The van der Waals surface area contributed by atoms with Gasteiger partial charge in [-0.25, -0.2) is 4.39 Å². The number of rotatable bonds is 12. The van der Waals surface area contributed by atoms with E-state index in [4.69, 9.17) is 0 Å². The third-order valence-corrected chi connectivity index (χ3v) is 8.03. The van der Waals surface area contributed by atoms with Crippen LogP contribution in [0, 0.1) is 23.1 Å². The van der Waals surface area contributed by atoms with E-state index in [0.29, 0.717) is 5.92 Å². The van der Waals surface area contributed by atoms with E-state index in [9.17, 15) is 9.65 Å². The summed E-state index contributed by atoms with van der Waals surface area (Å²) in [7, 11) is 0. The molecule has 0 bridgehead atoms. The standard InChI is InChI=1S/C33H39FN2/c34-32-19-17-31(18-20-32)33(27-35,30-15-8-3-9-16-30)23-10-24-36(25-21-28-11-4-1-5-12-28)26-22-29-13-6-2-7-14-29/h1-2,4-7,11-14,17-20,30H,3,8-10,15-16,21-26H2. The molecule has 36 heavy (non-hydrogen) atoms. The van der Waals surface area contributed by atoms with Crippen LogP contribution in [0.4, 0.5) is 4.39 Å². The zero-order valence-electron chi connectivity index (χ0n) is 21.4. The molecular weight excluding hydrogens is 443 g/mol. The number of nitrogens with zero attached hydrogens (tertiary/aromatic N) is 2. The summed E-state index contributed by atoms with van der Waals surface area (Å²) in [4.78, 5) is 2.56. The number of hydrogen-bond acceptors (Lipinski definition) is 2. The molecule has 0 spiro atoms. The lowest BCUT2D eigenvalue weighted by molar-refractivity contribution is 0.215. The van der Waals surface area contributed by atoms with Gasteiger partial charge in [-0.3, -0.25) is 0 Å². The minimum Gasteiger partial charge on any atom is -0.303 e. The molecule has 0 radical (unpaired) electrons. The van der Waals surface area contributed by atoms with Gasteiger partial charge in [0.1, 0.15) is 5.82 Å². The molecule has 1 fully saturated rings. The molecule has 1 unspecified atom stereocenters. The minimum absolute atomic E-state index is 0.234. The quantitative estimate of drug-likeness (QED) is 0.264. The molecule has 0 saturated heterocycles. The molecule has 188 valence electrons. The number of benzene rings is 3. The fourth-order valence-electron chi connectivity index (χ4n) is 5.92. The van der Waals surface area contributed by atoms with Crippen LogP contribution in [-0.2, 0) is 18.3 Å². The van der Waals surface area contributed by atoms with Crippen molar-refractivity contribution >= 4 is 0 Å². The van der Waals surface area contributed by atoms with Crippen LogP contribution >= 0.6 is 0 Å². The second-order valence-electron chi connectivity index (χ2n) is 10.3. The minimum atomic E-state index is -0.529. The highest BCUT2D eigenvalue weighted by Gasteiger charge is 2.40. The summed E-state index contributed by atoms with van der Waals surface area (Å²) in [6.45, 7) is 2.99. The molecule has 0 amide bonds. The fourth-order valence-corrected chi connectivity index (χ4v) is 5.92. The van der Waals surface area contributed by atoms with Crippen molar-refractivity contribution in [3.8, 4) is 6.07 Å². The monoisotopic (exact) mass is 482 g/mol. The van der Waals surface area contributed by atoms with Crippen LogP contribution in [0.1, 0.15) is 61.6 Å². The van der Waals surface area contributed by atoms with Crippen LogP contribution in [0.25, 0.3) is 0 Å². The summed E-state index contributed by atoms with van der Waals surface area (Å²) >= 11 is 0. The molecule has 0 aromatic heterocycles. The summed E-state index contributed by atoms with van der Waals surface area (Å²) < 4.78 is 13.7. The number of hydrogen-bond donors (Lipinski definition) is 0. The average Bonchev–Trinajstić information content (AvgIpc) is 2.94. The summed E-state index contributed by atoms with van der Waals surface area (Å²) in [6.07, 6.45) is 9.67. The van der Waals surface area contributed by atoms with Gasteiger partial charge >= 0.3 is 0 Å². The SMILES string of the molecule is N#CC(CCCN(CCc1ccccc1)CCc1ccccc1)(c1ccc(F)cc1)C1CCCCC1. The third kappa shape index (κ3) is 7.05. The second kappa shape index (κ2) is 13.4. The first-order valence-electron chi connectivity index (χ1n) is 13.7. The van der Waals surface area contributed by atoms with Crippen LogP contribution in [0.5, 0.6) is 0 Å². The van der Waals surface area contributed by atoms with Crippen molar-refractivity contribution in [3.63, 3.8) is 0 Å². The van der Waals surface area contributed by atoms with Crippen LogP contribution < -0.4 is 0 Å². The second-order valence-corrected chi connectivity index (χ2v) is 10.3. The van der Waals surface area contributed by atoms with Crippen molar-refractivity contribution < 1.29 is 4.39 Å². The molecular formula is C33H39FN2. The summed E-state index contributed by atoms with van der Waals surface area (Å²) in [5, 5.41) is 10.6. The highest BCUT2D eigenvalue weighted by Crippen LogP contribution is 2.44. The number of halogens is 1. The maximum Gasteiger partial charge on any atom is 0.123 e. The first-order chi connectivity index (χ1) is 17.7. The summed E-state index contributed by atoms with van der Waals surface area (Å²) in [6, 6.07) is 30.9. The van der Waals surface area contributed by atoms with Gasteiger partial charge in [-0.15, -0.1) is 0 Å². The van der Waals surface area contributed by atoms with Gasteiger partial charge in [-0.2, -0.15) is 5.26 Å². The van der Waals surface area contributed by atoms with E-state index in [1.54, 1.807) is 0 Å². The Morgan fingerprint density at radius 2 is 1.31 bits per heavy atom. The van der Waals surface area contributed by atoms with Gasteiger partial charge < -0.3 is 4.90 Å². The third-order valence-electron chi connectivity index (χ3n) is 8.03. The van der Waals surface area contributed by atoms with Crippen molar-refractivity contribution in [2.24, 2.45) is 5.92 Å². The lowest BCUT2D eigenvalue weighted by Gasteiger charge is -2.38. The van der Waals surface area contributed by atoms with Crippen LogP contribution in [-0.4, -0.2) is 24.5 Å². The Hall–Kier alpha value is -2.96. The van der Waals surface area contributed by atoms with E-state index >= 15 is 0 Å². The lowest BCUT2D eigenvalue weighted by Crippen LogP contribution is -2.37. The zero-order valence-corrected chi connectivity index (χ0v) is 21.4. The van der Waals surface area contributed by atoms with Gasteiger partial charge in [-0.05, 0) is 79.8 Å². The van der Waals surface area contributed by atoms with E-state index in [-0.39, 0.29) is 5.82 Å². The highest BCUT2D eigenvalue weighted by molar-refractivity contribution is 5.34. The smallest absolute Gasteiger partial charge is 0.123 e. The normalized spacial score (nSPS) is 15.9. The predicted octanol–water partition coefficient (Wildman–Crippen LogP) is 7.73. The Bertz CT molecular complexity index is 1020. The van der Waals surface area contributed by atoms with Gasteiger partial charge in [-0.1, -0.05) is 92.1 Å². The Labute approximate surface area is 216 Å². The Morgan fingerprint density at radius 3 is 1.83 bits per heavy atom. The van der Waals surface area contributed by atoms with Crippen molar-refractivity contribution in [3.05, 3.63) is 107 Å². The van der Waals surface area contributed by atoms with E-state index < -0.39 is 5.41 Å². The predicted molar refractivity (Wildman–Crippen MR) is 146 cm³/mol. The molecule has 3 heteroatoms. The Kier molecular flexibility index (Phi) is 9.70. The van der Waals surface area contributed by atoms with Gasteiger partial charge in [0.2, 0.25) is 0 Å². The van der Waals surface area contributed by atoms with E-state index in [2.05, 4.69) is 71.6 Å². The fraction of sp³-hybridized carbons (Fsp3) is 0.424. The molecule has 3 aromatic carbocycles. The average molecular weight is 483 g/mol. The molecule has 1 atom stereocenters. The molecule has 2 nitrogen and oxygen atoms in total. The molecule has 1 saturated carbocycles. The molecule has 0 heterocycles. The van der Waals surface area contributed by atoms with Gasteiger partial charge in [0.05, 0.1) is 11.5 Å². The van der Waals surface area contributed by atoms with Gasteiger partial charge in [0, 0.05) is 13.1 Å². The van der Waals surface area contributed by atoms with Crippen molar-refractivity contribution in [1.29, 1.82) is 5.26 Å². The Morgan fingerprint density at radius 1 is 0.750 bits per heavy atom. The first kappa shape index (κ1) is 26.1. The molecule has 1 aliphatic carbocycles. The van der Waals surface area contributed by atoms with E-state index in [1.807, 2.05) is 12.1 Å². The van der Waals surface area contributed by atoms with Crippen molar-refractivity contribution in [1.82, 2.24) is 4.90 Å². The van der Waals surface area contributed by atoms with Gasteiger partial charge in [0.15, 0.2) is 0 Å². The van der Waals surface area contributed by atoms with Crippen LogP contribution in [0.3, 0.4) is 0 Å². The maximum atomic E-state index is 13.7. The topological polar surface area (TPSA) is 27.0 Å². The van der Waals surface area contributed by atoms with E-state index in [0.717, 1.165) is 63.7 Å². The van der Waals surface area contributed by atoms with Gasteiger partial charge in [0.25, 0.3) is 0 Å². The van der Waals surface area contributed by atoms with Crippen molar-refractivity contribution in [2.45, 2.75) is 63.2 Å². The molecule has 0 N–H and O–H groups in total. The zero-order chi connectivity index (χ0) is 25.1. The maximum absolute atomic E-state index is 13.7. The Balaban J connectivity index is 1.45. The summed E-state index contributed by atoms with van der Waals surface area (Å²) in [5.74, 6) is 0.117. The van der Waals surface area contributed by atoms with E-state index in [1.165, 1.54) is 42.5 Å². The molecule has 3 aromatic rings. The molecule has 0 aliphatic heterocycles. The van der Waals surface area contributed by atoms with Crippen LogP contribution in [0.2, 0.25) is 0 Å². The first-order valence-corrected chi connectivity index (χ1v) is 13.7.